The predicted octanol–water partition coefficient (Wildman–Crippen LogP) is 0.510. The third kappa shape index (κ3) is 7.16. The van der Waals surface area contributed by atoms with Crippen LogP contribution in [-0.4, -0.2) is 35.3 Å². The molecule has 0 aliphatic carbocycles. The summed E-state index contributed by atoms with van der Waals surface area (Å²) in [5.74, 6) is 0.705. The van der Waals surface area contributed by atoms with E-state index in [1.807, 2.05) is 0 Å². The zero-order valence-electron chi connectivity index (χ0n) is 9.61. The number of amidine groups is 1. The number of aliphatic hydroxyl groups is 1. The molecular weight excluding hydrogens is 194 g/mol. The first-order valence-corrected chi connectivity index (χ1v) is 5.42. The third-order valence-electron chi connectivity index (χ3n) is 2.40. The molecule has 5 heteroatoms. The van der Waals surface area contributed by atoms with Crippen LogP contribution >= 0.6 is 0 Å². The lowest BCUT2D eigenvalue weighted by Gasteiger charge is -2.19. The molecule has 0 aliphatic heterocycles. The van der Waals surface area contributed by atoms with Crippen LogP contribution < -0.4 is 11.1 Å². The maximum absolute atomic E-state index is 9.04. The molecule has 0 aromatic carbocycles. The minimum Gasteiger partial charge on any atom is -0.409 e. The molecule has 0 saturated carbocycles. The van der Waals surface area contributed by atoms with Crippen molar-refractivity contribution in [1.29, 1.82) is 0 Å². The largest absolute Gasteiger partial charge is 0.409 e. The van der Waals surface area contributed by atoms with Gasteiger partial charge < -0.3 is 21.4 Å². The quantitative estimate of drug-likeness (QED) is 0.157. The Bertz CT molecular complexity index is 184. The van der Waals surface area contributed by atoms with Gasteiger partial charge in [-0.15, -0.1) is 0 Å². The zero-order chi connectivity index (χ0) is 11.7. The summed E-state index contributed by atoms with van der Waals surface area (Å²) in [5, 5.41) is 23.5. The van der Waals surface area contributed by atoms with Crippen LogP contribution in [0.15, 0.2) is 5.16 Å². The highest BCUT2D eigenvalue weighted by Crippen LogP contribution is 2.01. The summed E-state index contributed by atoms with van der Waals surface area (Å²) in [4.78, 5) is 0. The molecule has 0 heterocycles. The minimum absolute atomic E-state index is 0.161. The number of hydrogen-bond acceptors (Lipinski definition) is 4. The van der Waals surface area contributed by atoms with Crippen molar-refractivity contribution in [3.05, 3.63) is 0 Å². The molecule has 0 aromatic rings. The maximum atomic E-state index is 9.04. The number of oxime groups is 1. The van der Waals surface area contributed by atoms with Crippen molar-refractivity contribution < 1.29 is 10.3 Å². The summed E-state index contributed by atoms with van der Waals surface area (Å²) in [6, 6.07) is 0.161. The van der Waals surface area contributed by atoms with Gasteiger partial charge in [-0.05, 0) is 25.3 Å². The number of rotatable bonds is 8. The monoisotopic (exact) mass is 217 g/mol. The summed E-state index contributed by atoms with van der Waals surface area (Å²) >= 11 is 0. The van der Waals surface area contributed by atoms with Crippen molar-refractivity contribution in [2.24, 2.45) is 16.8 Å². The second-order valence-corrected chi connectivity index (χ2v) is 4.04. The van der Waals surface area contributed by atoms with E-state index in [2.05, 4.69) is 24.3 Å². The fraction of sp³-hybridized carbons (Fsp3) is 0.900. The van der Waals surface area contributed by atoms with E-state index < -0.39 is 0 Å². The average molecular weight is 217 g/mol. The molecule has 15 heavy (non-hydrogen) atoms. The van der Waals surface area contributed by atoms with Crippen LogP contribution in [0.2, 0.25) is 0 Å². The summed E-state index contributed by atoms with van der Waals surface area (Å²) in [7, 11) is 0. The van der Waals surface area contributed by atoms with Gasteiger partial charge in [-0.2, -0.15) is 0 Å². The molecule has 0 rings (SSSR count). The van der Waals surface area contributed by atoms with Gasteiger partial charge in [0.15, 0.2) is 0 Å². The van der Waals surface area contributed by atoms with E-state index in [0.29, 0.717) is 12.3 Å². The van der Waals surface area contributed by atoms with E-state index in [-0.39, 0.29) is 18.5 Å². The van der Waals surface area contributed by atoms with Crippen molar-refractivity contribution in [2.45, 2.75) is 39.2 Å². The lowest BCUT2D eigenvalue weighted by Crippen LogP contribution is -2.37. The van der Waals surface area contributed by atoms with E-state index in [9.17, 15) is 0 Å². The molecule has 0 unspecified atom stereocenters. The molecule has 0 spiro atoms. The summed E-state index contributed by atoms with van der Waals surface area (Å²) in [6.45, 7) is 5.16. The van der Waals surface area contributed by atoms with E-state index in [1.54, 1.807) is 0 Å². The van der Waals surface area contributed by atoms with E-state index in [1.165, 1.54) is 0 Å². The SMILES string of the molecule is CC(C)[C@@H](CO)NCCCCC(N)=NO. The van der Waals surface area contributed by atoms with Gasteiger partial charge >= 0.3 is 0 Å². The van der Waals surface area contributed by atoms with Crippen LogP contribution in [0.3, 0.4) is 0 Å². The van der Waals surface area contributed by atoms with Gasteiger partial charge in [0.1, 0.15) is 5.84 Å². The topological polar surface area (TPSA) is 90.9 Å². The van der Waals surface area contributed by atoms with E-state index in [0.717, 1.165) is 19.4 Å². The number of aliphatic hydroxyl groups excluding tert-OH is 1. The molecule has 0 aliphatic rings. The average Bonchev–Trinajstić information content (AvgIpc) is 2.22. The highest BCUT2D eigenvalue weighted by molar-refractivity contribution is 5.79. The maximum Gasteiger partial charge on any atom is 0.139 e. The first-order chi connectivity index (χ1) is 7.11. The van der Waals surface area contributed by atoms with Gasteiger partial charge in [-0.25, -0.2) is 0 Å². The molecule has 0 radical (unpaired) electrons. The Morgan fingerprint density at radius 3 is 2.53 bits per heavy atom. The van der Waals surface area contributed by atoms with Crippen molar-refractivity contribution >= 4 is 5.84 Å². The van der Waals surface area contributed by atoms with Gasteiger partial charge in [-0.3, -0.25) is 0 Å². The van der Waals surface area contributed by atoms with Gasteiger partial charge in [-0.1, -0.05) is 19.0 Å². The van der Waals surface area contributed by atoms with Crippen molar-refractivity contribution in [3.8, 4) is 0 Å². The Labute approximate surface area is 91.4 Å². The molecule has 0 amide bonds. The number of hydrogen-bond donors (Lipinski definition) is 4. The lowest BCUT2D eigenvalue weighted by molar-refractivity contribution is 0.211. The van der Waals surface area contributed by atoms with Crippen LogP contribution in [-0.2, 0) is 0 Å². The van der Waals surface area contributed by atoms with Gasteiger partial charge in [0.25, 0.3) is 0 Å². The first kappa shape index (κ1) is 14.2. The van der Waals surface area contributed by atoms with E-state index in [4.69, 9.17) is 16.0 Å². The predicted molar refractivity (Wildman–Crippen MR) is 61.0 cm³/mol. The number of nitrogens with two attached hydrogens (primary N) is 1. The van der Waals surface area contributed by atoms with Crippen LogP contribution in [0.4, 0.5) is 0 Å². The van der Waals surface area contributed by atoms with Gasteiger partial charge in [0.05, 0.1) is 6.61 Å². The van der Waals surface area contributed by atoms with Gasteiger partial charge in [0, 0.05) is 12.5 Å². The third-order valence-corrected chi connectivity index (χ3v) is 2.40. The summed E-state index contributed by atoms with van der Waals surface area (Å²) in [5.41, 5.74) is 5.33. The Morgan fingerprint density at radius 1 is 1.40 bits per heavy atom. The molecule has 1 atom stereocenters. The molecule has 5 nitrogen and oxygen atoms in total. The van der Waals surface area contributed by atoms with Crippen molar-refractivity contribution in [2.75, 3.05) is 13.2 Å². The Morgan fingerprint density at radius 2 is 2.07 bits per heavy atom. The van der Waals surface area contributed by atoms with Crippen molar-refractivity contribution in [1.82, 2.24) is 5.32 Å². The van der Waals surface area contributed by atoms with E-state index >= 15 is 0 Å². The molecule has 0 saturated heterocycles. The van der Waals surface area contributed by atoms with Crippen LogP contribution in [0.25, 0.3) is 0 Å². The second kappa shape index (κ2) is 8.49. The van der Waals surface area contributed by atoms with Crippen LogP contribution in [0, 0.1) is 5.92 Å². The van der Waals surface area contributed by atoms with Crippen LogP contribution in [0.1, 0.15) is 33.1 Å². The molecule has 5 N–H and O–H groups in total. The Hall–Kier alpha value is -0.810. The Balaban J connectivity index is 3.45. The number of unbranched alkanes of at least 4 members (excludes halogenated alkanes) is 1. The van der Waals surface area contributed by atoms with Gasteiger partial charge in [0.2, 0.25) is 0 Å². The molecule has 90 valence electrons. The van der Waals surface area contributed by atoms with Crippen LogP contribution in [0.5, 0.6) is 0 Å². The first-order valence-electron chi connectivity index (χ1n) is 5.42. The fourth-order valence-corrected chi connectivity index (χ4v) is 1.28. The number of nitrogens with one attached hydrogen (secondary N) is 1. The minimum atomic E-state index is 0.161. The highest BCUT2D eigenvalue weighted by atomic mass is 16.4. The summed E-state index contributed by atoms with van der Waals surface area (Å²) in [6.07, 6.45) is 2.46. The van der Waals surface area contributed by atoms with Crippen molar-refractivity contribution in [3.63, 3.8) is 0 Å². The Kier molecular flexibility index (Phi) is 8.04. The normalized spacial score (nSPS) is 14.5. The summed E-state index contributed by atoms with van der Waals surface area (Å²) < 4.78 is 0. The standard InChI is InChI=1S/C10H23N3O2/c1-8(2)9(7-14)12-6-4-3-5-10(11)13-15/h8-9,12,14-15H,3-7H2,1-2H3,(H2,11,13)/t9-/m1/s1. The molecule has 0 fully saturated rings. The smallest absolute Gasteiger partial charge is 0.139 e. The molecule has 0 bridgehead atoms. The second-order valence-electron chi connectivity index (χ2n) is 4.04. The fourth-order valence-electron chi connectivity index (χ4n) is 1.28. The molecule has 0 aromatic heterocycles. The molecular formula is C10H23N3O2. The zero-order valence-corrected chi connectivity index (χ0v) is 9.61. The number of nitrogens with zero attached hydrogens (tertiary/aromatic N) is 1. The highest BCUT2D eigenvalue weighted by Gasteiger charge is 2.09. The lowest BCUT2D eigenvalue weighted by atomic mass is 10.1.